The number of methoxy groups -OCH3 is 1. The monoisotopic (exact) mass is 448 g/mol. The van der Waals surface area contributed by atoms with Gasteiger partial charge in [0.15, 0.2) is 0 Å². The molecule has 0 aliphatic carbocycles. The second kappa shape index (κ2) is 11.0. The van der Waals surface area contributed by atoms with Crippen molar-refractivity contribution >= 4 is 21.6 Å². The summed E-state index contributed by atoms with van der Waals surface area (Å²) in [6.07, 6.45) is 2.63. The standard InChI is InChI=1S/C23H32N2O5S/c1-6-14-30-20-11-9-19(10-12-20)25(31(5,27)28)16-23(26)24-21(7-2)18-8-13-22(29-4)17(3)15-18/h8-13,15,21H,6-7,14,16H2,1-5H3,(H,24,26)/t21-/m0/s1. The molecule has 1 amide bonds. The molecule has 0 spiro atoms. The molecule has 2 rings (SSSR count). The quantitative estimate of drug-likeness (QED) is 0.565. The predicted octanol–water partition coefficient (Wildman–Crippen LogP) is 3.83. The van der Waals surface area contributed by atoms with Crippen LogP contribution >= 0.6 is 0 Å². The number of carbonyl (C=O) groups is 1. The molecule has 170 valence electrons. The van der Waals surface area contributed by atoms with E-state index in [9.17, 15) is 13.2 Å². The summed E-state index contributed by atoms with van der Waals surface area (Å²) < 4.78 is 36.7. The molecule has 0 aliphatic heterocycles. The van der Waals surface area contributed by atoms with E-state index in [0.717, 1.165) is 33.9 Å². The van der Waals surface area contributed by atoms with Crippen LogP contribution in [0.3, 0.4) is 0 Å². The molecule has 2 aromatic rings. The highest BCUT2D eigenvalue weighted by atomic mass is 32.2. The van der Waals surface area contributed by atoms with Crippen molar-refractivity contribution in [1.29, 1.82) is 0 Å². The number of sulfonamides is 1. The van der Waals surface area contributed by atoms with E-state index in [4.69, 9.17) is 9.47 Å². The van der Waals surface area contributed by atoms with Gasteiger partial charge < -0.3 is 14.8 Å². The zero-order chi connectivity index (χ0) is 23.0. The van der Waals surface area contributed by atoms with E-state index in [1.54, 1.807) is 31.4 Å². The average Bonchev–Trinajstić information content (AvgIpc) is 2.74. The number of aryl methyl sites for hydroxylation is 1. The first-order valence-electron chi connectivity index (χ1n) is 10.3. The molecule has 0 radical (unpaired) electrons. The Kier molecular flexibility index (Phi) is 8.74. The van der Waals surface area contributed by atoms with Gasteiger partial charge in [0.2, 0.25) is 15.9 Å². The largest absolute Gasteiger partial charge is 0.496 e. The van der Waals surface area contributed by atoms with Crippen LogP contribution in [0, 0.1) is 6.92 Å². The third kappa shape index (κ3) is 6.89. The van der Waals surface area contributed by atoms with Gasteiger partial charge in [-0.15, -0.1) is 0 Å². The molecule has 0 aliphatic rings. The molecule has 2 aromatic carbocycles. The van der Waals surface area contributed by atoms with Crippen LogP contribution in [0.15, 0.2) is 42.5 Å². The molecule has 31 heavy (non-hydrogen) atoms. The topological polar surface area (TPSA) is 84.9 Å². The maximum atomic E-state index is 12.8. The van der Waals surface area contributed by atoms with Crippen LogP contribution in [0.25, 0.3) is 0 Å². The minimum Gasteiger partial charge on any atom is -0.496 e. The SMILES string of the molecule is CCCOc1ccc(N(CC(=O)N[C@@H](CC)c2ccc(OC)c(C)c2)S(C)(=O)=O)cc1. The number of nitrogens with one attached hydrogen (secondary N) is 1. The number of benzene rings is 2. The number of carbonyl (C=O) groups excluding carboxylic acids is 1. The Bertz CT molecular complexity index is 974. The Morgan fingerprint density at radius 2 is 1.81 bits per heavy atom. The molecule has 8 heteroatoms. The molecule has 0 saturated carbocycles. The van der Waals surface area contributed by atoms with Crippen molar-refractivity contribution in [1.82, 2.24) is 5.32 Å². The van der Waals surface area contributed by atoms with Crippen LogP contribution < -0.4 is 19.1 Å². The maximum absolute atomic E-state index is 12.8. The summed E-state index contributed by atoms with van der Waals surface area (Å²) in [6, 6.07) is 12.2. The lowest BCUT2D eigenvalue weighted by Crippen LogP contribution is -2.41. The van der Waals surface area contributed by atoms with Gasteiger partial charge in [-0.25, -0.2) is 8.42 Å². The highest BCUT2D eigenvalue weighted by molar-refractivity contribution is 7.92. The van der Waals surface area contributed by atoms with Crippen LogP contribution in [0.2, 0.25) is 0 Å². The molecule has 0 unspecified atom stereocenters. The summed E-state index contributed by atoms with van der Waals surface area (Å²) in [7, 11) is -2.04. The van der Waals surface area contributed by atoms with E-state index < -0.39 is 10.0 Å². The first-order chi connectivity index (χ1) is 14.7. The summed E-state index contributed by atoms with van der Waals surface area (Å²) in [6.45, 7) is 6.19. The first kappa shape index (κ1) is 24.5. The second-order valence-corrected chi connectivity index (χ2v) is 9.28. The number of nitrogens with zero attached hydrogens (tertiary/aromatic N) is 1. The Morgan fingerprint density at radius 3 is 2.32 bits per heavy atom. The Hall–Kier alpha value is -2.74. The number of rotatable bonds is 11. The first-order valence-corrected chi connectivity index (χ1v) is 12.2. The molecule has 0 heterocycles. The summed E-state index contributed by atoms with van der Waals surface area (Å²) >= 11 is 0. The molecule has 7 nitrogen and oxygen atoms in total. The van der Waals surface area contributed by atoms with Gasteiger partial charge in [0.25, 0.3) is 0 Å². The van der Waals surface area contributed by atoms with Crippen LogP contribution in [0.5, 0.6) is 11.5 Å². The molecule has 0 bridgehead atoms. The number of amides is 1. The molecule has 1 N–H and O–H groups in total. The van der Waals surface area contributed by atoms with Gasteiger partial charge in [-0.1, -0.05) is 26.0 Å². The molecular weight excluding hydrogens is 416 g/mol. The number of hydrogen-bond donors (Lipinski definition) is 1. The van der Waals surface area contributed by atoms with E-state index in [1.807, 2.05) is 39.0 Å². The van der Waals surface area contributed by atoms with Gasteiger partial charge in [-0.3, -0.25) is 9.10 Å². The minimum atomic E-state index is -3.65. The predicted molar refractivity (Wildman–Crippen MR) is 123 cm³/mol. The normalized spacial score (nSPS) is 12.2. The summed E-state index contributed by atoms with van der Waals surface area (Å²) in [5, 5.41) is 2.95. The highest BCUT2D eigenvalue weighted by Gasteiger charge is 2.23. The van der Waals surface area contributed by atoms with E-state index in [2.05, 4.69) is 5.32 Å². The van der Waals surface area contributed by atoms with Crippen molar-refractivity contribution in [3.8, 4) is 11.5 Å². The van der Waals surface area contributed by atoms with E-state index in [0.29, 0.717) is 24.5 Å². The molecule has 0 fully saturated rings. The fraction of sp³-hybridized carbons (Fsp3) is 0.435. The zero-order valence-electron chi connectivity index (χ0n) is 18.8. The Morgan fingerprint density at radius 1 is 1.13 bits per heavy atom. The molecule has 0 saturated heterocycles. The summed E-state index contributed by atoms with van der Waals surface area (Å²) in [4.78, 5) is 12.8. The zero-order valence-corrected chi connectivity index (χ0v) is 19.7. The molecule has 0 aromatic heterocycles. The summed E-state index contributed by atoms with van der Waals surface area (Å²) in [5.41, 5.74) is 2.32. The second-order valence-electron chi connectivity index (χ2n) is 7.37. The van der Waals surface area contributed by atoms with Gasteiger partial charge in [0, 0.05) is 0 Å². The van der Waals surface area contributed by atoms with Gasteiger partial charge in [-0.2, -0.15) is 0 Å². The van der Waals surface area contributed by atoms with E-state index in [-0.39, 0.29) is 18.5 Å². The van der Waals surface area contributed by atoms with Crippen molar-refractivity contribution in [3.63, 3.8) is 0 Å². The van der Waals surface area contributed by atoms with E-state index >= 15 is 0 Å². The van der Waals surface area contributed by atoms with Gasteiger partial charge >= 0.3 is 0 Å². The fourth-order valence-electron chi connectivity index (χ4n) is 3.24. The van der Waals surface area contributed by atoms with Crippen molar-refractivity contribution in [2.75, 3.05) is 30.8 Å². The van der Waals surface area contributed by atoms with E-state index in [1.165, 1.54) is 0 Å². The van der Waals surface area contributed by atoms with Crippen molar-refractivity contribution in [2.24, 2.45) is 0 Å². The Labute approximate surface area is 185 Å². The molecular formula is C23H32N2O5S. The lowest BCUT2D eigenvalue weighted by molar-refractivity contribution is -0.120. The van der Waals surface area contributed by atoms with Crippen LogP contribution in [0.1, 0.15) is 43.9 Å². The average molecular weight is 449 g/mol. The third-order valence-electron chi connectivity index (χ3n) is 4.85. The highest BCUT2D eigenvalue weighted by Crippen LogP contribution is 2.25. The van der Waals surface area contributed by atoms with Crippen LogP contribution in [-0.2, 0) is 14.8 Å². The van der Waals surface area contributed by atoms with Crippen LogP contribution in [0.4, 0.5) is 5.69 Å². The summed E-state index contributed by atoms with van der Waals surface area (Å²) in [5.74, 6) is 1.06. The number of hydrogen-bond acceptors (Lipinski definition) is 5. The fourth-order valence-corrected chi connectivity index (χ4v) is 4.09. The lowest BCUT2D eigenvalue weighted by Gasteiger charge is -2.24. The van der Waals surface area contributed by atoms with Gasteiger partial charge in [-0.05, 0) is 61.2 Å². The van der Waals surface area contributed by atoms with Crippen molar-refractivity contribution < 1.29 is 22.7 Å². The smallest absolute Gasteiger partial charge is 0.241 e. The maximum Gasteiger partial charge on any atom is 0.241 e. The van der Waals surface area contributed by atoms with Crippen molar-refractivity contribution in [3.05, 3.63) is 53.6 Å². The number of anilines is 1. The minimum absolute atomic E-state index is 0.233. The lowest BCUT2D eigenvalue weighted by atomic mass is 10.0. The van der Waals surface area contributed by atoms with Crippen LogP contribution in [-0.4, -0.2) is 40.8 Å². The van der Waals surface area contributed by atoms with Gasteiger partial charge in [0.05, 0.1) is 31.7 Å². The van der Waals surface area contributed by atoms with Gasteiger partial charge in [0.1, 0.15) is 18.0 Å². The third-order valence-corrected chi connectivity index (χ3v) is 5.99. The Balaban J connectivity index is 2.15. The van der Waals surface area contributed by atoms with Crippen molar-refractivity contribution in [2.45, 2.75) is 39.7 Å². The molecule has 1 atom stereocenters. The number of ether oxygens (including phenoxy) is 2.